The molecule has 7 rings (SSSR count). The number of thiophene rings is 1. The predicted octanol–water partition coefficient (Wildman–Crippen LogP) is 3.40. The molecule has 6 atom stereocenters. The zero-order chi connectivity index (χ0) is 39.6. The number of fused-ring (bicyclic) bond motifs is 1. The maximum Gasteiger partial charge on any atom is 0.426 e. The summed E-state index contributed by atoms with van der Waals surface area (Å²) in [6.07, 6.45) is 3.46. The van der Waals surface area contributed by atoms with Crippen LogP contribution >= 0.6 is 11.3 Å². The van der Waals surface area contributed by atoms with Gasteiger partial charge >= 0.3 is 12.2 Å². The van der Waals surface area contributed by atoms with Crippen LogP contribution in [-0.4, -0.2) is 105 Å². The smallest absolute Gasteiger partial charge is 0.426 e. The van der Waals surface area contributed by atoms with Crippen LogP contribution in [0.4, 0.5) is 9.59 Å². The van der Waals surface area contributed by atoms with Crippen LogP contribution in [0.2, 0.25) is 0 Å². The van der Waals surface area contributed by atoms with Gasteiger partial charge in [0.25, 0.3) is 5.91 Å². The van der Waals surface area contributed by atoms with Crippen molar-refractivity contribution in [1.82, 2.24) is 41.3 Å². The molecule has 4 N–H and O–H groups in total. The molecule has 18 heteroatoms. The molecule has 2 saturated heterocycles. The fraction of sp³-hybridized carbons (Fsp3) is 0.526. The van der Waals surface area contributed by atoms with Crippen LogP contribution in [-0.2, 0) is 28.6 Å². The Morgan fingerprint density at radius 3 is 2.50 bits per heavy atom. The van der Waals surface area contributed by atoms with Crippen molar-refractivity contribution in [3.05, 3.63) is 48.5 Å². The van der Waals surface area contributed by atoms with E-state index in [2.05, 4.69) is 38.0 Å². The molecule has 0 bridgehead atoms. The van der Waals surface area contributed by atoms with Gasteiger partial charge in [0.15, 0.2) is 5.82 Å². The number of pyridine rings is 1. The first-order valence-corrected chi connectivity index (χ1v) is 19.6. The average molecular weight is 791 g/mol. The minimum Gasteiger partial charge on any atom is -0.471 e. The molecule has 2 aliphatic heterocycles. The molecule has 3 aromatic rings. The van der Waals surface area contributed by atoms with Gasteiger partial charge in [-0.15, -0.1) is 17.9 Å². The largest absolute Gasteiger partial charge is 0.471 e. The Bertz CT molecular complexity index is 1980. The van der Waals surface area contributed by atoms with Crippen molar-refractivity contribution in [1.29, 1.82) is 0 Å². The third-order valence-corrected chi connectivity index (χ3v) is 11.4. The van der Waals surface area contributed by atoms with Gasteiger partial charge in [0.05, 0.1) is 25.3 Å². The standard InChI is InChI=1S/C38H46N8O9S/c1-5-21-18-38(21,34(49)44-45-36(51)55-23-12-15-52-20-23)43-31(47)27-17-24(19-46(27)33(48)29(37(2,3)4)41-35(50)54-22-9-8-10-22)53-32-28-25(13-16-56-28)40-30(42-32)26-11-6-7-14-39-26/h5-7,11,13-14,16,21-24,27,29H,1,8-10,12,15,17-20H2,2-4H3,(H,41,50)(H,43,47)(H,44,49)(H,45,51)/t21-,23+,24-,27+,29-,38+/m1/s1. The number of aromatic nitrogens is 3. The van der Waals surface area contributed by atoms with Gasteiger partial charge in [-0.05, 0) is 54.7 Å². The number of rotatable bonds is 11. The molecule has 298 valence electrons. The lowest BCUT2D eigenvalue weighted by Gasteiger charge is -2.36. The van der Waals surface area contributed by atoms with E-state index in [0.717, 1.165) is 19.3 Å². The molecule has 0 spiro atoms. The van der Waals surface area contributed by atoms with Gasteiger partial charge in [0.2, 0.25) is 17.7 Å². The van der Waals surface area contributed by atoms with Crippen LogP contribution in [0.15, 0.2) is 48.5 Å². The van der Waals surface area contributed by atoms with E-state index in [-0.39, 0.29) is 38.0 Å². The zero-order valence-corrected chi connectivity index (χ0v) is 32.3. The topological polar surface area (TPSA) is 212 Å². The highest BCUT2D eigenvalue weighted by molar-refractivity contribution is 7.17. The van der Waals surface area contributed by atoms with E-state index in [0.29, 0.717) is 34.8 Å². The molecular weight excluding hydrogens is 745 g/mol. The van der Waals surface area contributed by atoms with Crippen LogP contribution in [0, 0.1) is 11.3 Å². The number of ether oxygens (including phenoxy) is 4. The number of carbonyl (C=O) groups excluding carboxylic acids is 5. The number of hydrogen-bond acceptors (Lipinski definition) is 13. The van der Waals surface area contributed by atoms with Crippen molar-refractivity contribution >= 4 is 51.5 Å². The minimum absolute atomic E-state index is 0.0290. The molecule has 3 aromatic heterocycles. The molecule has 2 saturated carbocycles. The molecule has 0 radical (unpaired) electrons. The molecule has 56 heavy (non-hydrogen) atoms. The van der Waals surface area contributed by atoms with E-state index in [4.69, 9.17) is 23.9 Å². The van der Waals surface area contributed by atoms with Gasteiger partial charge in [-0.2, -0.15) is 4.98 Å². The maximum absolute atomic E-state index is 14.6. The number of nitrogens with zero attached hydrogens (tertiary/aromatic N) is 4. The Labute approximate surface area is 327 Å². The summed E-state index contributed by atoms with van der Waals surface area (Å²) in [5.74, 6) is -1.69. The summed E-state index contributed by atoms with van der Waals surface area (Å²) in [7, 11) is 0. The number of alkyl carbamates (subject to hydrolysis) is 1. The Hall–Kier alpha value is -5.36. The van der Waals surface area contributed by atoms with Crippen molar-refractivity contribution < 1.29 is 42.9 Å². The Balaban J connectivity index is 1.13. The Morgan fingerprint density at radius 1 is 1.04 bits per heavy atom. The third kappa shape index (κ3) is 8.40. The van der Waals surface area contributed by atoms with Crippen LogP contribution < -0.4 is 26.2 Å². The van der Waals surface area contributed by atoms with E-state index < -0.39 is 71.1 Å². The van der Waals surface area contributed by atoms with Crippen LogP contribution in [0.25, 0.3) is 21.7 Å². The summed E-state index contributed by atoms with van der Waals surface area (Å²) in [5.41, 5.74) is 3.55. The monoisotopic (exact) mass is 790 g/mol. The minimum atomic E-state index is -1.46. The molecule has 5 amide bonds. The molecule has 0 unspecified atom stereocenters. The summed E-state index contributed by atoms with van der Waals surface area (Å²) in [4.78, 5) is 83.1. The summed E-state index contributed by atoms with van der Waals surface area (Å²) >= 11 is 1.39. The van der Waals surface area contributed by atoms with Gasteiger partial charge in [0.1, 0.15) is 46.3 Å². The summed E-state index contributed by atoms with van der Waals surface area (Å²) in [6.45, 7) is 9.93. The fourth-order valence-electron chi connectivity index (χ4n) is 7.01. The van der Waals surface area contributed by atoms with E-state index in [1.54, 1.807) is 24.4 Å². The second kappa shape index (κ2) is 16.0. The van der Waals surface area contributed by atoms with Crippen molar-refractivity contribution in [2.24, 2.45) is 11.3 Å². The SMILES string of the molecule is C=C[C@@H]1C[C@@]1(NC(=O)[C@@H]1C[C@@H](Oc2nc(-c3ccccn3)nc3ccsc23)CN1C(=O)[C@@H](NC(=O)OC1CCC1)C(C)(C)C)C(=O)NNC(=O)O[C@H]1CCOC1. The number of hydrazine groups is 1. The first-order valence-electron chi connectivity index (χ1n) is 18.7. The van der Waals surface area contributed by atoms with E-state index in [1.807, 2.05) is 38.3 Å². The molecular formula is C38H46N8O9S. The van der Waals surface area contributed by atoms with Crippen LogP contribution in [0.3, 0.4) is 0 Å². The average Bonchev–Trinajstić information content (AvgIpc) is 3.59. The van der Waals surface area contributed by atoms with E-state index in [9.17, 15) is 24.0 Å². The highest BCUT2D eigenvalue weighted by atomic mass is 32.1. The molecule has 4 aliphatic rings. The quantitative estimate of drug-likeness (QED) is 0.163. The lowest BCUT2D eigenvalue weighted by Crippen LogP contribution is -2.61. The van der Waals surface area contributed by atoms with Crippen molar-refractivity contribution in [2.45, 2.75) is 95.2 Å². The van der Waals surface area contributed by atoms with Crippen LogP contribution in [0.5, 0.6) is 5.88 Å². The molecule has 2 aliphatic carbocycles. The lowest BCUT2D eigenvalue weighted by molar-refractivity contribution is -0.143. The summed E-state index contributed by atoms with van der Waals surface area (Å²) < 4.78 is 23.2. The van der Waals surface area contributed by atoms with E-state index in [1.165, 1.54) is 16.2 Å². The van der Waals surface area contributed by atoms with Crippen molar-refractivity contribution in [2.75, 3.05) is 19.8 Å². The number of likely N-dealkylation sites (tertiary alicyclic amines) is 1. The number of nitrogens with one attached hydrogen (secondary N) is 4. The zero-order valence-electron chi connectivity index (χ0n) is 31.4. The second-order valence-corrected chi connectivity index (χ2v) is 16.5. The second-order valence-electron chi connectivity index (χ2n) is 15.6. The summed E-state index contributed by atoms with van der Waals surface area (Å²) in [6, 6.07) is 5.03. The normalized spacial score (nSPS) is 25.0. The van der Waals surface area contributed by atoms with Gasteiger partial charge in [-0.3, -0.25) is 24.8 Å². The van der Waals surface area contributed by atoms with Gasteiger partial charge in [0, 0.05) is 25.0 Å². The molecule has 0 aromatic carbocycles. The van der Waals surface area contributed by atoms with Crippen molar-refractivity contribution in [3.63, 3.8) is 0 Å². The van der Waals surface area contributed by atoms with Gasteiger partial charge in [-0.25, -0.2) is 20.0 Å². The molecule has 5 heterocycles. The molecule has 4 fully saturated rings. The van der Waals surface area contributed by atoms with Crippen LogP contribution in [0.1, 0.15) is 59.3 Å². The van der Waals surface area contributed by atoms with Gasteiger partial charge in [-0.1, -0.05) is 32.9 Å². The highest BCUT2D eigenvalue weighted by Gasteiger charge is 2.61. The Morgan fingerprint density at radius 2 is 1.84 bits per heavy atom. The summed E-state index contributed by atoms with van der Waals surface area (Å²) in [5, 5.41) is 7.49. The first-order chi connectivity index (χ1) is 26.8. The van der Waals surface area contributed by atoms with Gasteiger partial charge < -0.3 is 34.5 Å². The number of hydrogen-bond donors (Lipinski definition) is 4. The van der Waals surface area contributed by atoms with Crippen molar-refractivity contribution in [3.8, 4) is 17.4 Å². The third-order valence-electron chi connectivity index (χ3n) is 10.5. The number of amides is 5. The fourth-order valence-corrected chi connectivity index (χ4v) is 7.77. The van der Waals surface area contributed by atoms with E-state index >= 15 is 0 Å². The Kier molecular flexibility index (Phi) is 11.1. The lowest BCUT2D eigenvalue weighted by atomic mass is 9.85. The molecule has 17 nitrogen and oxygen atoms in total. The predicted molar refractivity (Wildman–Crippen MR) is 202 cm³/mol. The highest BCUT2D eigenvalue weighted by Crippen LogP contribution is 2.45. The first kappa shape index (κ1) is 38.9. The number of carbonyl (C=O) groups is 5. The maximum atomic E-state index is 14.6.